The molecule has 0 aromatic rings. The first-order valence-electron chi connectivity index (χ1n) is 1.48. The first-order valence-corrected chi connectivity index (χ1v) is 4.43. The van der Waals surface area contributed by atoms with Gasteiger partial charge in [-0.25, -0.2) is 0 Å². The van der Waals surface area contributed by atoms with Crippen LogP contribution in [0.3, 0.4) is 0 Å². The zero-order valence-corrected chi connectivity index (χ0v) is 23.2. The van der Waals surface area contributed by atoms with E-state index in [1.54, 1.807) is 0 Å². The molecule has 0 saturated heterocycles. The molecule has 64 valence electrons. The molecule has 14 heavy (non-hydrogen) atoms. The Hall–Kier alpha value is 7.10. The van der Waals surface area contributed by atoms with E-state index in [1.807, 2.05) is 0 Å². The Labute approximate surface area is 258 Å². The Morgan fingerprint density at radius 3 is 1.14 bits per heavy atom. The average Bonchev–Trinajstić information content (AvgIpc) is 1.14. The van der Waals surface area contributed by atoms with Gasteiger partial charge in [0.1, 0.15) is 0 Å². The van der Waals surface area contributed by atoms with Crippen molar-refractivity contribution in [2.45, 2.75) is 0 Å². The van der Waals surface area contributed by atoms with Crippen molar-refractivity contribution < 1.29 is 251 Å². The summed E-state index contributed by atoms with van der Waals surface area (Å²) in [5, 5.41) is 0. The third kappa shape index (κ3) is 36.5. The van der Waals surface area contributed by atoms with Gasteiger partial charge in [0.15, 0.2) is 0 Å². The van der Waals surface area contributed by atoms with Gasteiger partial charge in [-0.05, 0) is 0 Å². The van der Waals surface area contributed by atoms with Crippen molar-refractivity contribution in [3.8, 4) is 0 Å². The minimum absolute atomic E-state index is 0. The van der Waals surface area contributed by atoms with E-state index in [9.17, 15) is 23.8 Å². The van der Waals surface area contributed by atoms with Gasteiger partial charge in [0.05, 0.1) is 7.82 Å². The molecule has 0 aromatic carbocycles. The number of rotatable bonds is 2. The van der Waals surface area contributed by atoms with Crippen molar-refractivity contribution in [2.75, 3.05) is 0 Å². The van der Waals surface area contributed by atoms with Crippen molar-refractivity contribution in [3.05, 3.63) is 0 Å². The van der Waals surface area contributed by atoms with Gasteiger partial charge < -0.3 is 36.5 Å². The molecule has 0 aromatic heterocycles. The quantitative estimate of drug-likeness (QED) is 0.379. The first kappa shape index (κ1) is 37.4. The van der Waals surface area contributed by atoms with Gasteiger partial charge >= 0.3 is 206 Å². The third-order valence-electron chi connectivity index (χ3n) is 0.203. The Morgan fingerprint density at radius 1 is 0.929 bits per heavy atom. The molecule has 0 fully saturated rings. The van der Waals surface area contributed by atoms with E-state index in [0.29, 0.717) is 0 Å². The van der Waals surface area contributed by atoms with E-state index >= 15 is 0 Å². The molecular formula is HClK4O7P2. The standard InChI is InChI=1S/ClH.4K.H4O7P2/c;;;;;1-8(2,3)7-9(4,5)6/h1H;;;;;(H2,1,2,3)(H2,4,5,6)/q;4*+1;/p-4. The normalized spacial score (nSPS) is 12.3. The van der Waals surface area contributed by atoms with Crippen molar-refractivity contribution in [1.82, 2.24) is 0 Å². The first-order chi connectivity index (χ1) is 3.71. The Morgan fingerprint density at radius 2 is 1.14 bits per heavy atom. The van der Waals surface area contributed by atoms with Gasteiger partial charge in [-0.1, -0.05) is 0 Å². The Bertz CT molecular complexity index is 164. The molecular weight excluding hydrogens is 366 g/mol. The summed E-state index contributed by atoms with van der Waals surface area (Å²) in [4.78, 5) is 35.7. The van der Waals surface area contributed by atoms with Crippen LogP contribution in [0.5, 0.6) is 0 Å². The van der Waals surface area contributed by atoms with Gasteiger partial charge in [-0.2, -0.15) is 0 Å². The van der Waals surface area contributed by atoms with Gasteiger partial charge in [0.25, 0.3) is 7.82 Å². The molecule has 0 heterocycles. The van der Waals surface area contributed by atoms with Crippen LogP contribution < -0.4 is 233 Å². The molecule has 0 rings (SSSR count). The number of halogens is 1. The van der Waals surface area contributed by atoms with Crippen molar-refractivity contribution in [1.29, 1.82) is 0 Å². The third-order valence-corrected chi connectivity index (χ3v) is 1.83. The van der Waals surface area contributed by atoms with Crippen LogP contribution in [0.15, 0.2) is 0 Å². The Kier molecular flexibility index (Phi) is 48.5. The summed E-state index contributed by atoms with van der Waals surface area (Å²) < 4.78 is 21.4. The van der Waals surface area contributed by atoms with Crippen molar-refractivity contribution in [3.63, 3.8) is 0 Å². The van der Waals surface area contributed by atoms with Gasteiger partial charge in [0.2, 0.25) is 0 Å². The van der Waals surface area contributed by atoms with Crippen LogP contribution >= 0.6 is 15.6 Å². The van der Waals surface area contributed by atoms with E-state index in [2.05, 4.69) is 4.31 Å². The van der Waals surface area contributed by atoms with E-state index in [4.69, 9.17) is 4.89 Å². The fourth-order valence-corrected chi connectivity index (χ4v) is 1.14. The maximum Gasteiger partial charge on any atom is 1.00 e. The van der Waals surface area contributed by atoms with Crippen LogP contribution in [0.1, 0.15) is 0 Å². The average molecular weight is 367 g/mol. The molecule has 0 amide bonds. The van der Waals surface area contributed by atoms with E-state index < -0.39 is 15.6 Å². The van der Waals surface area contributed by atoms with E-state index in [0.717, 1.165) is 0 Å². The fraction of sp³-hybridized carbons (Fsp3) is 0. The predicted octanol–water partition coefficient (Wildman–Crippen LogP) is -17.7. The summed E-state index contributed by atoms with van der Waals surface area (Å²) in [5.74, 6) is 0. The summed E-state index contributed by atoms with van der Waals surface area (Å²) in [5.41, 5.74) is 0. The van der Waals surface area contributed by atoms with E-state index in [1.165, 1.54) is 0 Å². The predicted molar refractivity (Wildman–Crippen MR) is 18.5 cm³/mol. The second kappa shape index (κ2) is 18.1. The summed E-state index contributed by atoms with van der Waals surface area (Å²) in [6.45, 7) is 0. The smallest absolute Gasteiger partial charge is 1.00 e. The maximum absolute atomic E-state index is 9.44. The van der Waals surface area contributed by atoms with E-state index in [-0.39, 0.29) is 218 Å². The topological polar surface area (TPSA) is 133 Å². The van der Waals surface area contributed by atoms with Crippen LogP contribution in [0.4, 0.5) is 0 Å². The second-order valence-corrected chi connectivity index (χ2v) is 3.48. The van der Waals surface area contributed by atoms with Crippen molar-refractivity contribution in [2.24, 2.45) is 0 Å². The monoisotopic (exact) mass is 366 g/mol. The SMILES string of the molecule is O=P([O-])([O-])OP(=O)([O-])O.[Cl-].[K+].[K+].[K+].[K+]. The van der Waals surface area contributed by atoms with Crippen molar-refractivity contribution >= 4 is 15.6 Å². The number of hydrogen-bond donors (Lipinski definition) is 1. The number of phosphoric acid groups is 2. The van der Waals surface area contributed by atoms with Gasteiger partial charge in [0, 0.05) is 0 Å². The molecule has 1 N–H and O–H groups in total. The van der Waals surface area contributed by atoms with Crippen LogP contribution in [-0.4, -0.2) is 4.89 Å². The second-order valence-electron chi connectivity index (χ2n) is 0.997. The summed E-state index contributed by atoms with van der Waals surface area (Å²) in [6, 6.07) is 0. The fourth-order valence-electron chi connectivity index (χ4n) is 0.126. The zero-order valence-electron chi connectivity index (χ0n) is 8.17. The molecule has 1 atom stereocenters. The summed E-state index contributed by atoms with van der Waals surface area (Å²) in [7, 11) is -11.0. The minimum Gasteiger partial charge on any atom is -1.00 e. The molecule has 0 aliphatic heterocycles. The molecule has 0 radical (unpaired) electrons. The van der Waals surface area contributed by atoms with Gasteiger partial charge in [-0.3, -0.25) is 8.88 Å². The molecule has 0 aliphatic carbocycles. The molecule has 0 saturated carbocycles. The van der Waals surface area contributed by atoms with Crippen LogP contribution in [0, 0.1) is 0 Å². The number of hydrogen-bond acceptors (Lipinski definition) is 6. The summed E-state index contributed by atoms with van der Waals surface area (Å²) in [6.07, 6.45) is 0. The molecule has 0 bridgehead atoms. The van der Waals surface area contributed by atoms with Crippen LogP contribution in [0.25, 0.3) is 0 Å². The van der Waals surface area contributed by atoms with Crippen LogP contribution in [0.2, 0.25) is 0 Å². The maximum atomic E-state index is 9.44. The Balaban J connectivity index is -0.0000000320. The van der Waals surface area contributed by atoms with Gasteiger partial charge in [-0.15, -0.1) is 0 Å². The zero-order chi connectivity index (χ0) is 7.71. The molecule has 7 nitrogen and oxygen atoms in total. The largest absolute Gasteiger partial charge is 1.00 e. The summed E-state index contributed by atoms with van der Waals surface area (Å²) >= 11 is 0. The van der Waals surface area contributed by atoms with Crippen LogP contribution in [-0.2, 0) is 13.4 Å². The molecule has 14 heteroatoms. The molecule has 0 spiro atoms. The molecule has 1 unspecified atom stereocenters. The molecule has 0 aliphatic rings. The minimum atomic E-state index is -5.61.